The maximum Gasteiger partial charge on any atom is 0.229 e. The van der Waals surface area contributed by atoms with Gasteiger partial charge in [0.05, 0.1) is 24.3 Å². The monoisotopic (exact) mass is 323 g/mol. The van der Waals surface area contributed by atoms with Crippen molar-refractivity contribution in [3.63, 3.8) is 0 Å². The molecule has 3 heterocycles. The largest absolute Gasteiger partial charge is 0.397 e. The highest BCUT2D eigenvalue weighted by molar-refractivity contribution is 7.07. The molecule has 1 atom stereocenters. The van der Waals surface area contributed by atoms with E-state index in [9.17, 15) is 4.79 Å². The number of rotatable bonds is 3. The van der Waals surface area contributed by atoms with Gasteiger partial charge in [0.1, 0.15) is 0 Å². The molecule has 2 N–H and O–H groups in total. The first-order chi connectivity index (χ1) is 9.74. The Kier molecular flexibility index (Phi) is 5.20. The van der Waals surface area contributed by atoms with Gasteiger partial charge in [-0.05, 0) is 47.4 Å². The number of carbonyl (C=O) groups is 1. The molecule has 21 heavy (non-hydrogen) atoms. The van der Waals surface area contributed by atoms with Crippen LogP contribution in [-0.2, 0) is 11.2 Å². The van der Waals surface area contributed by atoms with Crippen LogP contribution in [0.25, 0.3) is 0 Å². The van der Waals surface area contributed by atoms with Gasteiger partial charge in [-0.2, -0.15) is 11.3 Å². The third-order valence-electron chi connectivity index (χ3n) is 3.68. The topological polar surface area (TPSA) is 59.2 Å². The van der Waals surface area contributed by atoms with Gasteiger partial charge in [-0.1, -0.05) is 0 Å². The molecule has 2 aromatic rings. The predicted molar refractivity (Wildman–Crippen MR) is 87.6 cm³/mol. The molecule has 0 aliphatic carbocycles. The minimum Gasteiger partial charge on any atom is -0.397 e. The Morgan fingerprint density at radius 1 is 1.43 bits per heavy atom. The second-order valence-electron chi connectivity index (χ2n) is 5.06. The van der Waals surface area contributed by atoms with Gasteiger partial charge in [-0.3, -0.25) is 9.78 Å². The Morgan fingerprint density at radius 2 is 2.29 bits per heavy atom. The maximum atomic E-state index is 12.5. The first-order valence-electron chi connectivity index (χ1n) is 6.76. The van der Waals surface area contributed by atoms with Crippen molar-refractivity contribution in [2.24, 2.45) is 0 Å². The van der Waals surface area contributed by atoms with E-state index in [-0.39, 0.29) is 24.4 Å². The average molecular weight is 324 g/mol. The van der Waals surface area contributed by atoms with Crippen LogP contribution in [0.4, 0.5) is 5.69 Å². The molecule has 1 aliphatic rings. The van der Waals surface area contributed by atoms with E-state index in [1.807, 2.05) is 11.0 Å². The smallest absolute Gasteiger partial charge is 0.229 e. The summed E-state index contributed by atoms with van der Waals surface area (Å²) in [6.45, 7) is 0.842. The molecule has 1 aliphatic heterocycles. The number of pyridine rings is 1. The molecule has 1 saturated heterocycles. The number of hydrogen-bond acceptors (Lipinski definition) is 4. The molecule has 1 unspecified atom stereocenters. The first-order valence-corrected chi connectivity index (χ1v) is 7.70. The van der Waals surface area contributed by atoms with E-state index in [0.29, 0.717) is 12.1 Å². The molecule has 0 saturated carbocycles. The fourth-order valence-corrected chi connectivity index (χ4v) is 3.38. The van der Waals surface area contributed by atoms with Gasteiger partial charge >= 0.3 is 0 Å². The lowest BCUT2D eigenvalue weighted by atomic mass is 10.1. The van der Waals surface area contributed by atoms with Crippen LogP contribution in [0, 0.1) is 0 Å². The quantitative estimate of drug-likeness (QED) is 0.944. The van der Waals surface area contributed by atoms with E-state index in [4.69, 9.17) is 5.73 Å². The molecule has 0 bridgehead atoms. The van der Waals surface area contributed by atoms with Gasteiger partial charge in [0, 0.05) is 12.2 Å². The van der Waals surface area contributed by atoms with E-state index in [1.54, 1.807) is 23.6 Å². The number of amides is 1. The molecule has 3 rings (SSSR count). The summed E-state index contributed by atoms with van der Waals surface area (Å²) in [4.78, 5) is 18.7. The number of aromatic nitrogens is 1. The van der Waals surface area contributed by atoms with Crippen molar-refractivity contribution in [3.8, 4) is 0 Å². The Morgan fingerprint density at radius 3 is 2.95 bits per heavy atom. The number of anilines is 1. The van der Waals surface area contributed by atoms with Crippen LogP contribution in [0.2, 0.25) is 0 Å². The number of likely N-dealkylation sites (tertiary alicyclic amines) is 1. The Balaban J connectivity index is 0.00000161. The second kappa shape index (κ2) is 6.91. The molecule has 1 amide bonds. The second-order valence-corrected chi connectivity index (χ2v) is 5.84. The third kappa shape index (κ3) is 3.54. The number of halogens is 1. The normalized spacial score (nSPS) is 17.5. The summed E-state index contributed by atoms with van der Waals surface area (Å²) in [5.74, 6) is 0.149. The Labute approximate surface area is 134 Å². The molecule has 0 aromatic carbocycles. The molecule has 4 nitrogen and oxygen atoms in total. The van der Waals surface area contributed by atoms with Crippen LogP contribution in [0.5, 0.6) is 0 Å². The summed E-state index contributed by atoms with van der Waals surface area (Å²) in [7, 11) is 0. The zero-order valence-corrected chi connectivity index (χ0v) is 13.2. The summed E-state index contributed by atoms with van der Waals surface area (Å²) in [5.41, 5.74) is 8.27. The van der Waals surface area contributed by atoms with Crippen molar-refractivity contribution >= 4 is 35.3 Å². The van der Waals surface area contributed by atoms with Crippen LogP contribution in [-0.4, -0.2) is 22.3 Å². The zero-order chi connectivity index (χ0) is 13.9. The van der Waals surface area contributed by atoms with Crippen LogP contribution in [0.3, 0.4) is 0 Å². The molecule has 0 radical (unpaired) electrons. The van der Waals surface area contributed by atoms with Crippen LogP contribution in [0.15, 0.2) is 35.2 Å². The van der Waals surface area contributed by atoms with E-state index in [1.165, 1.54) is 5.56 Å². The summed E-state index contributed by atoms with van der Waals surface area (Å²) in [5, 5.41) is 4.20. The minimum absolute atomic E-state index is 0. The van der Waals surface area contributed by atoms with Crippen molar-refractivity contribution in [1.29, 1.82) is 0 Å². The fraction of sp³-hybridized carbons (Fsp3) is 0.333. The Hall–Kier alpha value is -1.59. The van der Waals surface area contributed by atoms with Crippen LogP contribution < -0.4 is 5.73 Å². The van der Waals surface area contributed by atoms with Crippen LogP contribution >= 0.6 is 23.7 Å². The summed E-state index contributed by atoms with van der Waals surface area (Å²) >= 11 is 1.68. The molecule has 6 heteroatoms. The SMILES string of the molecule is Cl.Nc1ccc(CC(=O)N2CCCC2c2ccsc2)nc1. The highest BCUT2D eigenvalue weighted by Gasteiger charge is 2.30. The van der Waals surface area contributed by atoms with Gasteiger partial charge in [0.15, 0.2) is 0 Å². The van der Waals surface area contributed by atoms with Crippen LogP contribution in [0.1, 0.15) is 30.1 Å². The van der Waals surface area contributed by atoms with E-state index >= 15 is 0 Å². The summed E-state index contributed by atoms with van der Waals surface area (Å²) < 4.78 is 0. The fourth-order valence-electron chi connectivity index (χ4n) is 2.67. The lowest BCUT2D eigenvalue weighted by Gasteiger charge is -2.24. The number of hydrogen-bond donors (Lipinski definition) is 1. The number of nitrogens with two attached hydrogens (primary N) is 1. The lowest BCUT2D eigenvalue weighted by molar-refractivity contribution is -0.131. The van der Waals surface area contributed by atoms with Crippen molar-refractivity contribution in [1.82, 2.24) is 9.88 Å². The van der Waals surface area contributed by atoms with Gasteiger partial charge in [0.2, 0.25) is 5.91 Å². The molecule has 0 spiro atoms. The number of nitrogens with zero attached hydrogens (tertiary/aromatic N) is 2. The van der Waals surface area contributed by atoms with Crippen molar-refractivity contribution in [2.45, 2.75) is 25.3 Å². The highest BCUT2D eigenvalue weighted by Crippen LogP contribution is 2.33. The molecular weight excluding hydrogens is 306 g/mol. The third-order valence-corrected chi connectivity index (χ3v) is 4.38. The minimum atomic E-state index is 0. The molecule has 1 fully saturated rings. The van der Waals surface area contributed by atoms with Crippen molar-refractivity contribution in [2.75, 3.05) is 12.3 Å². The average Bonchev–Trinajstić information content (AvgIpc) is 3.11. The molecule has 2 aromatic heterocycles. The lowest BCUT2D eigenvalue weighted by Crippen LogP contribution is -2.31. The van der Waals surface area contributed by atoms with E-state index in [2.05, 4.69) is 21.8 Å². The number of thiophene rings is 1. The van der Waals surface area contributed by atoms with Gasteiger partial charge in [0.25, 0.3) is 0 Å². The summed E-state index contributed by atoms with van der Waals surface area (Å²) in [6.07, 6.45) is 4.07. The summed E-state index contributed by atoms with van der Waals surface area (Å²) in [6, 6.07) is 5.96. The van der Waals surface area contributed by atoms with Gasteiger partial charge in [-0.25, -0.2) is 0 Å². The molecular formula is C15H18ClN3OS. The Bertz CT molecular complexity index is 585. The van der Waals surface area contributed by atoms with Gasteiger partial charge in [-0.15, -0.1) is 12.4 Å². The highest BCUT2D eigenvalue weighted by atomic mass is 35.5. The van der Waals surface area contributed by atoms with E-state index < -0.39 is 0 Å². The molecule has 112 valence electrons. The standard InChI is InChI=1S/C15H17N3OS.ClH/c16-12-3-4-13(17-9-12)8-15(19)18-6-1-2-14(18)11-5-7-20-10-11;/h3-5,7,9-10,14H,1-2,6,8,16H2;1H. The number of nitrogen functional groups attached to an aromatic ring is 1. The van der Waals surface area contributed by atoms with Crippen molar-refractivity contribution in [3.05, 3.63) is 46.4 Å². The van der Waals surface area contributed by atoms with E-state index in [0.717, 1.165) is 25.1 Å². The first kappa shape index (κ1) is 15.8. The van der Waals surface area contributed by atoms with Crippen molar-refractivity contribution < 1.29 is 4.79 Å². The maximum absolute atomic E-state index is 12.5. The van der Waals surface area contributed by atoms with Gasteiger partial charge < -0.3 is 10.6 Å². The zero-order valence-electron chi connectivity index (χ0n) is 11.6. The number of carbonyl (C=O) groups excluding carboxylic acids is 1. The predicted octanol–water partition coefficient (Wildman–Crippen LogP) is 3.05.